The molecule has 8 heteroatoms. The van der Waals surface area contributed by atoms with Crippen LogP contribution in [0.1, 0.15) is 69.6 Å². The number of hydrogen-bond acceptors (Lipinski definition) is 6. The quantitative estimate of drug-likeness (QED) is 0.176. The van der Waals surface area contributed by atoms with Gasteiger partial charge in [0.1, 0.15) is 11.4 Å². The zero-order valence-electron chi connectivity index (χ0n) is 25.6. The standard InChI is InChI=1S/C34H44N6O2/c1-7-10-29(27-21-40-17-9-12-24-11-8-13-25(27)32(24)40)37-22(2)38-30-20-28(35)31(19-26(30)23-14-15-23)36-16-18-39(6)33(41)42-34(3,4)5/h7-8,10-11,13,19-21,23,36,38H,2,9,12,14-18,35H2,1,3-6H3/b10-7-,37-29+. The number of benzene rings is 2. The fourth-order valence-electron chi connectivity index (χ4n) is 5.55. The van der Waals surface area contributed by atoms with Gasteiger partial charge in [0.05, 0.1) is 22.6 Å². The van der Waals surface area contributed by atoms with E-state index in [1.54, 1.807) is 11.9 Å². The Kier molecular flexibility index (Phi) is 8.34. The van der Waals surface area contributed by atoms with Crippen LogP contribution in [0.2, 0.25) is 0 Å². The lowest BCUT2D eigenvalue weighted by Gasteiger charge is -2.25. The lowest BCUT2D eigenvalue weighted by molar-refractivity contribution is 0.0305. The highest BCUT2D eigenvalue weighted by molar-refractivity contribution is 6.17. The average Bonchev–Trinajstić information content (AvgIpc) is 3.70. The van der Waals surface area contributed by atoms with Gasteiger partial charge < -0.3 is 30.6 Å². The first-order valence-electron chi connectivity index (χ1n) is 14.9. The molecule has 4 N–H and O–H groups in total. The summed E-state index contributed by atoms with van der Waals surface area (Å²) in [6, 6.07) is 10.7. The monoisotopic (exact) mass is 568 g/mol. The highest BCUT2D eigenvalue weighted by atomic mass is 16.6. The number of aryl methyl sites for hydroxylation is 2. The van der Waals surface area contributed by atoms with E-state index in [9.17, 15) is 4.79 Å². The normalized spacial score (nSPS) is 15.2. The van der Waals surface area contributed by atoms with E-state index in [0.717, 1.165) is 54.9 Å². The van der Waals surface area contributed by atoms with Crippen molar-refractivity contribution in [2.24, 2.45) is 4.99 Å². The van der Waals surface area contributed by atoms with Crippen LogP contribution in [0.5, 0.6) is 0 Å². The third-order valence-corrected chi connectivity index (χ3v) is 7.67. The first-order valence-corrected chi connectivity index (χ1v) is 14.9. The summed E-state index contributed by atoms with van der Waals surface area (Å²) in [6.45, 7) is 13.9. The summed E-state index contributed by atoms with van der Waals surface area (Å²) in [6.07, 6.45) is 10.5. The first kappa shape index (κ1) is 29.3. The number of hydrogen-bond donors (Lipinski definition) is 3. The molecule has 42 heavy (non-hydrogen) atoms. The summed E-state index contributed by atoms with van der Waals surface area (Å²) in [4.78, 5) is 18.8. The molecule has 1 saturated carbocycles. The minimum Gasteiger partial charge on any atom is -0.444 e. The van der Waals surface area contributed by atoms with Crippen molar-refractivity contribution in [3.63, 3.8) is 0 Å². The first-order chi connectivity index (χ1) is 20.0. The molecule has 0 spiro atoms. The SMILES string of the molecule is C=C(/N=C(\C=C/C)c1cn2c3c(cccc13)CCC2)Nc1cc(N)c(NCCN(C)C(=O)OC(C)(C)C)cc1C1CC1. The molecule has 0 bridgehead atoms. The summed E-state index contributed by atoms with van der Waals surface area (Å²) in [5.74, 6) is 1.04. The molecule has 1 aliphatic carbocycles. The number of carbonyl (C=O) groups excluding carboxylic acids is 1. The number of rotatable bonds is 10. The number of aliphatic imine (C=N–C) groups is 1. The molecule has 1 aliphatic heterocycles. The zero-order chi connectivity index (χ0) is 30.0. The Bertz CT molecular complexity index is 1550. The van der Waals surface area contributed by atoms with Crippen LogP contribution in [0.15, 0.2) is 66.1 Å². The number of nitrogen functional groups attached to an aromatic ring is 1. The maximum absolute atomic E-state index is 12.3. The molecule has 0 unspecified atom stereocenters. The molecular formula is C34H44N6O2. The average molecular weight is 569 g/mol. The summed E-state index contributed by atoms with van der Waals surface area (Å²) in [5, 5.41) is 8.10. The van der Waals surface area contributed by atoms with E-state index in [4.69, 9.17) is 15.5 Å². The summed E-state index contributed by atoms with van der Waals surface area (Å²) >= 11 is 0. The van der Waals surface area contributed by atoms with Gasteiger partial charge in [-0.05, 0) is 88.6 Å². The smallest absolute Gasteiger partial charge is 0.410 e. The number of amides is 1. The Labute approximate surface area is 249 Å². The second-order valence-corrected chi connectivity index (χ2v) is 12.4. The van der Waals surface area contributed by atoms with Crippen molar-refractivity contribution in [1.82, 2.24) is 9.47 Å². The van der Waals surface area contributed by atoms with Crippen molar-refractivity contribution in [2.75, 3.05) is 36.5 Å². The van der Waals surface area contributed by atoms with Crippen molar-refractivity contribution >= 4 is 39.8 Å². The molecule has 0 radical (unpaired) electrons. The van der Waals surface area contributed by atoms with Gasteiger partial charge in [0.25, 0.3) is 0 Å². The van der Waals surface area contributed by atoms with E-state index in [0.29, 0.717) is 30.5 Å². The number of allylic oxidation sites excluding steroid dienone is 2. The van der Waals surface area contributed by atoms with Crippen LogP contribution in [-0.4, -0.2) is 47.0 Å². The largest absolute Gasteiger partial charge is 0.444 e. The van der Waals surface area contributed by atoms with Gasteiger partial charge in [0.15, 0.2) is 0 Å². The molecule has 5 rings (SSSR count). The van der Waals surface area contributed by atoms with Crippen molar-refractivity contribution < 1.29 is 9.53 Å². The minimum absolute atomic E-state index is 0.343. The third-order valence-electron chi connectivity index (χ3n) is 7.67. The maximum atomic E-state index is 12.3. The number of anilines is 3. The number of nitrogens with two attached hydrogens (primary N) is 1. The van der Waals surface area contributed by atoms with Crippen molar-refractivity contribution in [1.29, 1.82) is 0 Å². The Morgan fingerprint density at radius 2 is 2.05 bits per heavy atom. The Balaban J connectivity index is 1.33. The summed E-state index contributed by atoms with van der Waals surface area (Å²) < 4.78 is 7.81. The van der Waals surface area contributed by atoms with Gasteiger partial charge >= 0.3 is 6.09 Å². The van der Waals surface area contributed by atoms with Crippen LogP contribution < -0.4 is 16.4 Å². The highest BCUT2D eigenvalue weighted by Gasteiger charge is 2.28. The van der Waals surface area contributed by atoms with Crippen LogP contribution in [-0.2, 0) is 17.7 Å². The zero-order valence-corrected chi connectivity index (χ0v) is 25.6. The van der Waals surface area contributed by atoms with Gasteiger partial charge in [0, 0.05) is 49.5 Å². The second-order valence-electron chi connectivity index (χ2n) is 12.4. The maximum Gasteiger partial charge on any atom is 0.410 e. The molecule has 0 atom stereocenters. The number of likely N-dealkylation sites (N-methyl/N-ethyl adjacent to an activating group) is 1. The van der Waals surface area contributed by atoms with Gasteiger partial charge in [-0.25, -0.2) is 9.79 Å². The van der Waals surface area contributed by atoms with Crippen LogP contribution in [0, 0.1) is 0 Å². The van der Waals surface area contributed by atoms with Gasteiger partial charge in [-0.3, -0.25) is 0 Å². The molecule has 8 nitrogen and oxygen atoms in total. The Hall–Kier alpha value is -4.20. The molecule has 222 valence electrons. The van der Waals surface area contributed by atoms with Crippen molar-refractivity contribution in [2.45, 2.75) is 71.4 Å². The molecule has 3 aromatic rings. The Morgan fingerprint density at radius 3 is 2.76 bits per heavy atom. The topological polar surface area (TPSA) is 96.9 Å². The van der Waals surface area contributed by atoms with Gasteiger partial charge in [0.2, 0.25) is 0 Å². The number of aromatic nitrogens is 1. The van der Waals surface area contributed by atoms with Crippen LogP contribution in [0.4, 0.5) is 21.9 Å². The molecule has 1 amide bonds. The number of carbonyl (C=O) groups is 1. The van der Waals surface area contributed by atoms with Crippen LogP contribution >= 0.6 is 0 Å². The van der Waals surface area contributed by atoms with E-state index < -0.39 is 5.60 Å². The Morgan fingerprint density at radius 1 is 1.26 bits per heavy atom. The molecular weight excluding hydrogens is 524 g/mol. The fraction of sp³-hybridized carbons (Fsp3) is 0.412. The number of nitrogens with zero attached hydrogens (tertiary/aromatic N) is 3. The predicted molar refractivity (Wildman–Crippen MR) is 175 cm³/mol. The minimum atomic E-state index is -0.525. The van der Waals surface area contributed by atoms with E-state index in [2.05, 4.69) is 52.2 Å². The van der Waals surface area contributed by atoms with Crippen molar-refractivity contribution in [3.05, 3.63) is 77.8 Å². The van der Waals surface area contributed by atoms with E-state index >= 15 is 0 Å². The lowest BCUT2D eigenvalue weighted by Crippen LogP contribution is -2.36. The molecule has 0 saturated heterocycles. The molecule has 2 aliphatic rings. The van der Waals surface area contributed by atoms with E-state index in [1.807, 2.05) is 45.9 Å². The fourth-order valence-corrected chi connectivity index (χ4v) is 5.55. The second kappa shape index (κ2) is 12.0. The van der Waals surface area contributed by atoms with E-state index in [1.165, 1.54) is 22.0 Å². The molecule has 1 aromatic heterocycles. The number of ether oxygens (including phenoxy) is 1. The van der Waals surface area contributed by atoms with Crippen LogP contribution in [0.3, 0.4) is 0 Å². The lowest BCUT2D eigenvalue weighted by atomic mass is 10.0. The number of para-hydroxylation sites is 1. The van der Waals surface area contributed by atoms with Crippen LogP contribution in [0.25, 0.3) is 10.9 Å². The predicted octanol–water partition coefficient (Wildman–Crippen LogP) is 7.27. The van der Waals surface area contributed by atoms with Gasteiger partial charge in [-0.1, -0.05) is 30.9 Å². The third kappa shape index (κ3) is 6.64. The van der Waals surface area contributed by atoms with Gasteiger partial charge in [-0.15, -0.1) is 0 Å². The number of nitrogens with one attached hydrogen (secondary N) is 2. The highest BCUT2D eigenvalue weighted by Crippen LogP contribution is 2.46. The van der Waals surface area contributed by atoms with Gasteiger partial charge in [-0.2, -0.15) is 0 Å². The summed E-state index contributed by atoms with van der Waals surface area (Å²) in [5.41, 5.74) is 14.3. The van der Waals surface area contributed by atoms with E-state index in [-0.39, 0.29) is 6.09 Å². The molecule has 2 aromatic carbocycles. The summed E-state index contributed by atoms with van der Waals surface area (Å²) in [7, 11) is 1.74. The van der Waals surface area contributed by atoms with Crippen molar-refractivity contribution in [3.8, 4) is 0 Å². The molecule has 1 fully saturated rings. The molecule has 2 heterocycles.